The molecular formula is C24H28N4OS. The summed E-state index contributed by atoms with van der Waals surface area (Å²) in [6.45, 7) is 2.43. The number of nitrogens with one attached hydrogen (secondary N) is 2. The fraction of sp³-hybridized carbons (Fsp3) is 0.292. The third-order valence-electron chi connectivity index (χ3n) is 5.61. The zero-order valence-corrected chi connectivity index (χ0v) is 18.3. The van der Waals surface area contributed by atoms with Crippen LogP contribution in [-0.4, -0.2) is 38.1 Å². The van der Waals surface area contributed by atoms with Gasteiger partial charge in [0.15, 0.2) is 0 Å². The number of thiophene rings is 1. The molecule has 2 N–H and O–H groups in total. The lowest BCUT2D eigenvalue weighted by Gasteiger charge is -2.36. The summed E-state index contributed by atoms with van der Waals surface area (Å²) in [7, 11) is 4.09. The first-order valence-corrected chi connectivity index (χ1v) is 11.1. The van der Waals surface area contributed by atoms with Crippen molar-refractivity contribution in [2.45, 2.75) is 19.0 Å². The van der Waals surface area contributed by atoms with Crippen molar-refractivity contribution in [1.29, 1.82) is 0 Å². The van der Waals surface area contributed by atoms with Crippen LogP contribution in [0.1, 0.15) is 22.7 Å². The zero-order valence-electron chi connectivity index (χ0n) is 17.5. The van der Waals surface area contributed by atoms with Crippen LogP contribution in [-0.2, 0) is 13.0 Å². The van der Waals surface area contributed by atoms with Gasteiger partial charge in [-0.1, -0.05) is 36.4 Å². The van der Waals surface area contributed by atoms with Crippen LogP contribution >= 0.6 is 11.3 Å². The van der Waals surface area contributed by atoms with E-state index in [0.717, 1.165) is 24.5 Å². The molecule has 4 rings (SSSR count). The number of benzene rings is 2. The van der Waals surface area contributed by atoms with Gasteiger partial charge < -0.3 is 10.2 Å². The molecule has 0 radical (unpaired) electrons. The number of hydrogen-bond acceptors (Lipinski definition) is 4. The molecule has 0 spiro atoms. The zero-order chi connectivity index (χ0) is 20.9. The van der Waals surface area contributed by atoms with Gasteiger partial charge in [-0.3, -0.25) is 10.2 Å². The molecule has 5 nitrogen and oxygen atoms in total. The minimum Gasteiger partial charge on any atom is -0.378 e. The molecule has 0 fully saturated rings. The van der Waals surface area contributed by atoms with Crippen molar-refractivity contribution in [3.05, 3.63) is 82.7 Å². The van der Waals surface area contributed by atoms with Gasteiger partial charge in [-0.25, -0.2) is 4.79 Å². The Balaban J connectivity index is 1.51. The third kappa shape index (κ3) is 4.83. The SMILES string of the molecule is CN(C)c1ccc(C(CNC(=O)Nc2cccs2)N2CCc3ccccc3C2)cc1. The Morgan fingerprint density at radius 2 is 1.83 bits per heavy atom. The van der Waals surface area contributed by atoms with E-state index >= 15 is 0 Å². The summed E-state index contributed by atoms with van der Waals surface area (Å²) in [5.74, 6) is 0. The second-order valence-electron chi connectivity index (χ2n) is 7.80. The van der Waals surface area contributed by atoms with E-state index in [-0.39, 0.29) is 12.1 Å². The van der Waals surface area contributed by atoms with Crippen LogP contribution in [0.25, 0.3) is 0 Å². The number of carbonyl (C=O) groups excluding carboxylic acids is 1. The molecule has 0 bridgehead atoms. The van der Waals surface area contributed by atoms with Crippen molar-refractivity contribution >= 4 is 28.1 Å². The standard InChI is InChI=1S/C24H28N4OS/c1-27(2)21-11-9-19(10-12-21)22(16-25-24(29)26-23-8-5-15-30-23)28-14-13-18-6-3-4-7-20(18)17-28/h3-12,15,22H,13-14,16-17H2,1-2H3,(H2,25,26,29). The lowest BCUT2D eigenvalue weighted by molar-refractivity contribution is 0.175. The number of nitrogens with zero attached hydrogens (tertiary/aromatic N) is 2. The van der Waals surface area contributed by atoms with Crippen LogP contribution in [0.2, 0.25) is 0 Å². The Hall–Kier alpha value is -2.83. The second kappa shape index (κ2) is 9.32. The highest BCUT2D eigenvalue weighted by atomic mass is 32.1. The monoisotopic (exact) mass is 420 g/mol. The van der Waals surface area contributed by atoms with E-state index in [1.54, 1.807) is 0 Å². The van der Waals surface area contributed by atoms with Crippen LogP contribution in [0.4, 0.5) is 15.5 Å². The van der Waals surface area contributed by atoms with Gasteiger partial charge in [0.05, 0.1) is 11.0 Å². The van der Waals surface area contributed by atoms with Crippen molar-refractivity contribution in [3.63, 3.8) is 0 Å². The highest BCUT2D eigenvalue weighted by Crippen LogP contribution is 2.29. The molecule has 3 aromatic rings. The number of urea groups is 1. The molecule has 1 aromatic heterocycles. The van der Waals surface area contributed by atoms with Gasteiger partial charge in [0.2, 0.25) is 0 Å². The quantitative estimate of drug-likeness (QED) is 0.606. The van der Waals surface area contributed by atoms with Gasteiger partial charge in [-0.2, -0.15) is 0 Å². The Morgan fingerprint density at radius 1 is 1.07 bits per heavy atom. The van der Waals surface area contributed by atoms with Gasteiger partial charge in [0.25, 0.3) is 0 Å². The van der Waals surface area contributed by atoms with Gasteiger partial charge in [-0.05, 0) is 52.8 Å². The van der Waals surface area contributed by atoms with E-state index < -0.39 is 0 Å². The molecule has 0 aliphatic carbocycles. The van der Waals surface area contributed by atoms with E-state index in [0.29, 0.717) is 6.54 Å². The molecule has 2 heterocycles. The van der Waals surface area contributed by atoms with Crippen molar-refractivity contribution in [2.24, 2.45) is 0 Å². The average molecular weight is 421 g/mol. The number of carbonyl (C=O) groups is 1. The van der Waals surface area contributed by atoms with E-state index in [2.05, 4.69) is 69.0 Å². The topological polar surface area (TPSA) is 47.6 Å². The number of rotatable bonds is 6. The Labute approximate surface area is 182 Å². The van der Waals surface area contributed by atoms with Crippen LogP contribution in [0.3, 0.4) is 0 Å². The van der Waals surface area contributed by atoms with Crippen LogP contribution in [0.15, 0.2) is 66.0 Å². The normalized spacial score (nSPS) is 14.6. The molecule has 1 aliphatic rings. The maximum atomic E-state index is 12.4. The van der Waals surface area contributed by atoms with Crippen molar-refractivity contribution in [3.8, 4) is 0 Å². The van der Waals surface area contributed by atoms with E-state index in [1.807, 2.05) is 31.6 Å². The lowest BCUT2D eigenvalue weighted by atomic mass is 9.96. The van der Waals surface area contributed by atoms with Crippen molar-refractivity contribution in [2.75, 3.05) is 37.4 Å². The predicted molar refractivity (Wildman–Crippen MR) is 125 cm³/mol. The maximum absolute atomic E-state index is 12.4. The maximum Gasteiger partial charge on any atom is 0.319 e. The summed E-state index contributed by atoms with van der Waals surface area (Å²) >= 11 is 1.52. The summed E-state index contributed by atoms with van der Waals surface area (Å²) in [4.78, 5) is 17.0. The average Bonchev–Trinajstić information content (AvgIpc) is 3.27. The fourth-order valence-electron chi connectivity index (χ4n) is 3.93. The Bertz CT molecular complexity index is 969. The lowest BCUT2D eigenvalue weighted by Crippen LogP contribution is -2.41. The summed E-state index contributed by atoms with van der Waals surface area (Å²) in [6.07, 6.45) is 1.03. The number of fused-ring (bicyclic) bond motifs is 1. The molecule has 2 aromatic carbocycles. The molecule has 6 heteroatoms. The fourth-order valence-corrected chi connectivity index (χ4v) is 4.54. The third-order valence-corrected chi connectivity index (χ3v) is 6.39. The first-order chi connectivity index (χ1) is 14.6. The predicted octanol–water partition coefficient (Wildman–Crippen LogP) is 4.74. The Morgan fingerprint density at radius 3 is 2.53 bits per heavy atom. The number of hydrogen-bond donors (Lipinski definition) is 2. The van der Waals surface area contributed by atoms with Crippen LogP contribution < -0.4 is 15.5 Å². The van der Waals surface area contributed by atoms with Gasteiger partial charge in [-0.15, -0.1) is 11.3 Å². The molecule has 30 heavy (non-hydrogen) atoms. The molecular weight excluding hydrogens is 392 g/mol. The first kappa shape index (κ1) is 20.4. The van der Waals surface area contributed by atoms with Crippen LogP contribution in [0, 0.1) is 0 Å². The highest BCUT2D eigenvalue weighted by Gasteiger charge is 2.25. The van der Waals surface area contributed by atoms with Gasteiger partial charge in [0.1, 0.15) is 0 Å². The van der Waals surface area contributed by atoms with E-state index in [1.165, 1.54) is 33.7 Å². The summed E-state index contributed by atoms with van der Waals surface area (Å²) in [6, 6.07) is 21.1. The molecule has 0 saturated heterocycles. The molecule has 1 unspecified atom stereocenters. The van der Waals surface area contributed by atoms with Gasteiger partial charge in [0, 0.05) is 39.4 Å². The second-order valence-corrected chi connectivity index (χ2v) is 8.75. The van der Waals surface area contributed by atoms with E-state index in [9.17, 15) is 4.79 Å². The van der Waals surface area contributed by atoms with Crippen LogP contribution in [0.5, 0.6) is 0 Å². The molecule has 156 valence electrons. The summed E-state index contributed by atoms with van der Waals surface area (Å²) < 4.78 is 0. The smallest absolute Gasteiger partial charge is 0.319 e. The molecule has 0 saturated carbocycles. The van der Waals surface area contributed by atoms with E-state index in [4.69, 9.17) is 0 Å². The highest BCUT2D eigenvalue weighted by molar-refractivity contribution is 7.14. The minimum atomic E-state index is -0.162. The summed E-state index contributed by atoms with van der Waals surface area (Å²) in [5.41, 5.74) is 5.20. The number of anilines is 2. The van der Waals surface area contributed by atoms with Gasteiger partial charge >= 0.3 is 6.03 Å². The summed E-state index contributed by atoms with van der Waals surface area (Å²) in [5, 5.41) is 8.80. The molecule has 1 atom stereocenters. The van der Waals surface area contributed by atoms with Crippen molar-refractivity contribution < 1.29 is 4.79 Å². The first-order valence-electron chi connectivity index (χ1n) is 10.3. The Kier molecular flexibility index (Phi) is 6.35. The minimum absolute atomic E-state index is 0.114. The molecule has 2 amide bonds. The molecule has 1 aliphatic heterocycles. The largest absolute Gasteiger partial charge is 0.378 e. The number of amides is 2. The van der Waals surface area contributed by atoms with Crippen molar-refractivity contribution in [1.82, 2.24) is 10.2 Å².